The van der Waals surface area contributed by atoms with Gasteiger partial charge in [0, 0.05) is 30.7 Å². The summed E-state index contributed by atoms with van der Waals surface area (Å²) in [5, 5.41) is 12.3. The molecular weight excluding hydrogens is 256 g/mol. The maximum absolute atomic E-state index is 12.4. The molecule has 20 heavy (non-hydrogen) atoms. The van der Waals surface area contributed by atoms with Crippen LogP contribution < -0.4 is 5.32 Å². The molecule has 3 fully saturated rings. The number of aliphatic hydroxyl groups is 1. The molecule has 0 aromatic rings. The van der Waals surface area contributed by atoms with Gasteiger partial charge in [-0.1, -0.05) is 6.42 Å². The first-order valence-corrected chi connectivity index (χ1v) is 8.01. The van der Waals surface area contributed by atoms with Gasteiger partial charge in [0.1, 0.15) is 0 Å². The zero-order valence-electron chi connectivity index (χ0n) is 12.3. The number of aliphatic hydroxyl groups excluding tert-OH is 1. The van der Waals surface area contributed by atoms with E-state index in [1.165, 1.54) is 19.3 Å². The normalized spacial score (nSPS) is 30.5. The third-order valence-corrected chi connectivity index (χ3v) is 5.32. The molecule has 0 aliphatic heterocycles. The van der Waals surface area contributed by atoms with Gasteiger partial charge in [-0.15, -0.1) is 0 Å². The number of hydrogen-bond acceptors (Lipinski definition) is 3. The molecule has 0 radical (unpaired) electrons. The standard InChI is InChI=1S/C15H26N2O3/c1-2-20-13-10-12(15(13)6-3-7-15)16-14(19)17(8-9-18)11-4-5-11/h11-13,18H,2-10H2,1H3,(H,16,19). The molecule has 0 bridgehead atoms. The Balaban J connectivity index is 1.56. The number of nitrogens with zero attached hydrogens (tertiary/aromatic N) is 1. The summed E-state index contributed by atoms with van der Waals surface area (Å²) in [6, 6.07) is 0.621. The van der Waals surface area contributed by atoms with Crippen LogP contribution >= 0.6 is 0 Å². The van der Waals surface area contributed by atoms with Crippen molar-refractivity contribution in [2.24, 2.45) is 5.41 Å². The lowest BCUT2D eigenvalue weighted by Gasteiger charge is -2.61. The van der Waals surface area contributed by atoms with E-state index in [9.17, 15) is 4.79 Å². The van der Waals surface area contributed by atoms with Crippen molar-refractivity contribution in [3.05, 3.63) is 0 Å². The van der Waals surface area contributed by atoms with Crippen molar-refractivity contribution in [2.75, 3.05) is 19.8 Å². The van der Waals surface area contributed by atoms with Crippen molar-refractivity contribution in [1.82, 2.24) is 10.2 Å². The van der Waals surface area contributed by atoms with Crippen molar-refractivity contribution >= 4 is 6.03 Å². The molecule has 2 amide bonds. The van der Waals surface area contributed by atoms with Crippen LogP contribution in [-0.2, 0) is 4.74 Å². The quantitative estimate of drug-likeness (QED) is 0.776. The summed E-state index contributed by atoms with van der Waals surface area (Å²) in [6.07, 6.45) is 7.02. The fourth-order valence-electron chi connectivity index (χ4n) is 3.82. The molecule has 114 valence electrons. The van der Waals surface area contributed by atoms with Gasteiger partial charge in [-0.05, 0) is 39.0 Å². The van der Waals surface area contributed by atoms with E-state index in [1.807, 2.05) is 6.92 Å². The SMILES string of the molecule is CCOC1CC(NC(=O)N(CCO)C2CC2)C12CCC2. The minimum Gasteiger partial charge on any atom is -0.395 e. The highest BCUT2D eigenvalue weighted by atomic mass is 16.5. The molecule has 5 nitrogen and oxygen atoms in total. The summed E-state index contributed by atoms with van der Waals surface area (Å²) in [4.78, 5) is 14.2. The summed E-state index contributed by atoms with van der Waals surface area (Å²) in [7, 11) is 0. The highest BCUT2D eigenvalue weighted by Crippen LogP contribution is 2.57. The molecule has 0 aromatic heterocycles. The van der Waals surface area contributed by atoms with Gasteiger partial charge in [-0.3, -0.25) is 0 Å². The van der Waals surface area contributed by atoms with Crippen molar-refractivity contribution in [3.63, 3.8) is 0 Å². The third-order valence-electron chi connectivity index (χ3n) is 5.32. The van der Waals surface area contributed by atoms with Crippen LogP contribution in [0.3, 0.4) is 0 Å². The van der Waals surface area contributed by atoms with Gasteiger partial charge < -0.3 is 20.1 Å². The number of ether oxygens (including phenoxy) is 1. The Kier molecular flexibility index (Phi) is 3.91. The van der Waals surface area contributed by atoms with Gasteiger partial charge in [0.25, 0.3) is 0 Å². The van der Waals surface area contributed by atoms with Crippen LogP contribution in [0.4, 0.5) is 4.79 Å². The topological polar surface area (TPSA) is 61.8 Å². The Hall–Kier alpha value is -0.810. The fourth-order valence-corrected chi connectivity index (χ4v) is 3.82. The fraction of sp³-hybridized carbons (Fsp3) is 0.933. The molecule has 3 saturated carbocycles. The predicted octanol–water partition coefficient (Wildman–Crippen LogP) is 1.50. The van der Waals surface area contributed by atoms with Crippen LogP contribution in [0.1, 0.15) is 45.4 Å². The Morgan fingerprint density at radius 3 is 2.70 bits per heavy atom. The molecule has 3 rings (SSSR count). The monoisotopic (exact) mass is 282 g/mol. The number of carbonyl (C=O) groups is 1. The van der Waals surface area contributed by atoms with Gasteiger partial charge in [-0.2, -0.15) is 0 Å². The first-order chi connectivity index (χ1) is 9.71. The summed E-state index contributed by atoms with van der Waals surface area (Å²) >= 11 is 0. The predicted molar refractivity (Wildman–Crippen MR) is 75.4 cm³/mol. The van der Waals surface area contributed by atoms with Crippen LogP contribution in [0.25, 0.3) is 0 Å². The Labute approximate surface area is 120 Å². The maximum Gasteiger partial charge on any atom is 0.317 e. The summed E-state index contributed by atoms with van der Waals surface area (Å²) < 4.78 is 5.81. The van der Waals surface area contributed by atoms with E-state index in [2.05, 4.69) is 5.32 Å². The Bertz CT molecular complexity index is 366. The van der Waals surface area contributed by atoms with Crippen LogP contribution in [0.15, 0.2) is 0 Å². The zero-order valence-corrected chi connectivity index (χ0v) is 12.3. The van der Waals surface area contributed by atoms with E-state index in [-0.39, 0.29) is 24.1 Å². The van der Waals surface area contributed by atoms with E-state index >= 15 is 0 Å². The first kappa shape index (κ1) is 14.1. The number of rotatable bonds is 6. The second-order valence-electron chi connectivity index (χ2n) is 6.42. The Morgan fingerprint density at radius 1 is 1.45 bits per heavy atom. The van der Waals surface area contributed by atoms with E-state index in [0.717, 1.165) is 25.9 Å². The first-order valence-electron chi connectivity index (χ1n) is 8.01. The third kappa shape index (κ3) is 2.31. The lowest BCUT2D eigenvalue weighted by atomic mass is 9.51. The molecule has 0 heterocycles. The number of hydrogen-bond donors (Lipinski definition) is 2. The van der Waals surface area contributed by atoms with Crippen molar-refractivity contribution in [2.45, 2.75) is 63.6 Å². The Morgan fingerprint density at radius 2 is 2.20 bits per heavy atom. The van der Waals surface area contributed by atoms with Crippen LogP contribution in [0.2, 0.25) is 0 Å². The highest BCUT2D eigenvalue weighted by Gasteiger charge is 2.59. The average molecular weight is 282 g/mol. The molecule has 2 atom stereocenters. The van der Waals surface area contributed by atoms with E-state index in [0.29, 0.717) is 18.7 Å². The van der Waals surface area contributed by atoms with Gasteiger partial charge in [0.15, 0.2) is 0 Å². The van der Waals surface area contributed by atoms with Gasteiger partial charge in [0.05, 0.1) is 12.7 Å². The molecule has 2 unspecified atom stereocenters. The van der Waals surface area contributed by atoms with Crippen LogP contribution in [0, 0.1) is 5.41 Å². The molecule has 5 heteroatoms. The van der Waals surface area contributed by atoms with E-state index in [4.69, 9.17) is 9.84 Å². The molecular formula is C15H26N2O3. The maximum atomic E-state index is 12.4. The van der Waals surface area contributed by atoms with E-state index in [1.54, 1.807) is 4.90 Å². The summed E-state index contributed by atoms with van der Waals surface area (Å²) in [5.41, 5.74) is 0.208. The van der Waals surface area contributed by atoms with Crippen LogP contribution in [0.5, 0.6) is 0 Å². The minimum absolute atomic E-state index is 0.00720. The second kappa shape index (κ2) is 5.53. The lowest BCUT2D eigenvalue weighted by molar-refractivity contribution is -0.170. The number of nitrogens with one attached hydrogen (secondary N) is 1. The lowest BCUT2D eigenvalue weighted by Crippen LogP contribution is -2.68. The highest BCUT2D eigenvalue weighted by molar-refractivity contribution is 5.75. The summed E-state index contributed by atoms with van der Waals surface area (Å²) in [6.45, 7) is 3.28. The molecule has 3 aliphatic carbocycles. The van der Waals surface area contributed by atoms with Gasteiger partial charge in [-0.25, -0.2) is 4.79 Å². The van der Waals surface area contributed by atoms with Gasteiger partial charge >= 0.3 is 6.03 Å². The van der Waals surface area contributed by atoms with Gasteiger partial charge in [0.2, 0.25) is 0 Å². The van der Waals surface area contributed by atoms with Crippen LogP contribution in [-0.4, -0.2) is 54.0 Å². The molecule has 2 N–H and O–H groups in total. The minimum atomic E-state index is 0.00720. The largest absolute Gasteiger partial charge is 0.395 e. The zero-order chi connectivity index (χ0) is 14.2. The smallest absolute Gasteiger partial charge is 0.317 e. The summed E-state index contributed by atoms with van der Waals surface area (Å²) in [5.74, 6) is 0. The molecule has 1 spiro atoms. The molecule has 0 aromatic carbocycles. The molecule has 3 aliphatic rings. The van der Waals surface area contributed by atoms with Crippen molar-refractivity contribution in [3.8, 4) is 0 Å². The average Bonchev–Trinajstić information content (AvgIpc) is 3.16. The van der Waals surface area contributed by atoms with Crippen molar-refractivity contribution < 1.29 is 14.6 Å². The molecule has 0 saturated heterocycles. The number of amides is 2. The number of urea groups is 1. The number of carbonyl (C=O) groups excluding carboxylic acids is 1. The second-order valence-corrected chi connectivity index (χ2v) is 6.42. The van der Waals surface area contributed by atoms with Crippen molar-refractivity contribution in [1.29, 1.82) is 0 Å². The van der Waals surface area contributed by atoms with E-state index < -0.39 is 0 Å².